The van der Waals surface area contributed by atoms with Crippen LogP contribution in [-0.4, -0.2) is 27.2 Å². The molecule has 0 aromatic carbocycles. The number of aliphatic carboxylic acids is 1. The Kier molecular flexibility index (Phi) is 4.14. The Hall–Kier alpha value is -1.98. The molecule has 92 valence electrons. The SMILES string of the molecule is CC(C)(CC(=O)O)CC(=O)Nc1cccnn1. The number of aromatic nitrogens is 2. The first-order valence-corrected chi connectivity index (χ1v) is 5.18. The molecular formula is C11H15N3O3. The topological polar surface area (TPSA) is 92.2 Å². The van der Waals surface area contributed by atoms with Crippen LogP contribution in [0.15, 0.2) is 18.3 Å². The van der Waals surface area contributed by atoms with Gasteiger partial charge < -0.3 is 10.4 Å². The predicted molar refractivity (Wildman–Crippen MR) is 61.3 cm³/mol. The van der Waals surface area contributed by atoms with Crippen molar-refractivity contribution in [3.05, 3.63) is 18.3 Å². The van der Waals surface area contributed by atoms with Gasteiger partial charge in [-0.25, -0.2) is 0 Å². The summed E-state index contributed by atoms with van der Waals surface area (Å²) in [4.78, 5) is 22.2. The summed E-state index contributed by atoms with van der Waals surface area (Å²) in [6.45, 7) is 3.47. The first kappa shape index (κ1) is 13.1. The number of carboxylic acids is 1. The monoisotopic (exact) mass is 237 g/mol. The van der Waals surface area contributed by atoms with E-state index in [1.807, 2.05) is 0 Å². The third-order valence-corrected chi connectivity index (χ3v) is 2.11. The molecule has 0 fully saturated rings. The van der Waals surface area contributed by atoms with Crippen LogP contribution in [-0.2, 0) is 9.59 Å². The van der Waals surface area contributed by atoms with E-state index in [4.69, 9.17) is 5.11 Å². The number of hydrogen-bond donors (Lipinski definition) is 2. The normalized spacial score (nSPS) is 10.9. The smallest absolute Gasteiger partial charge is 0.303 e. The van der Waals surface area contributed by atoms with Crippen LogP contribution in [0.25, 0.3) is 0 Å². The second-order valence-corrected chi connectivity index (χ2v) is 4.57. The van der Waals surface area contributed by atoms with Crippen molar-refractivity contribution in [2.45, 2.75) is 26.7 Å². The Labute approximate surface area is 99.1 Å². The van der Waals surface area contributed by atoms with Crippen molar-refractivity contribution in [2.24, 2.45) is 5.41 Å². The first-order valence-electron chi connectivity index (χ1n) is 5.18. The standard InChI is InChI=1S/C11H15N3O3/c1-11(2,7-10(16)17)6-9(15)13-8-4-3-5-12-14-8/h3-5H,6-7H2,1-2H3,(H,16,17)(H,13,14,15). The van der Waals surface area contributed by atoms with Crippen LogP contribution in [0.5, 0.6) is 0 Å². The van der Waals surface area contributed by atoms with Crippen molar-refractivity contribution in [1.29, 1.82) is 0 Å². The van der Waals surface area contributed by atoms with Crippen molar-refractivity contribution in [1.82, 2.24) is 10.2 Å². The third-order valence-electron chi connectivity index (χ3n) is 2.11. The number of carbonyl (C=O) groups excluding carboxylic acids is 1. The summed E-state index contributed by atoms with van der Waals surface area (Å²) in [6.07, 6.45) is 1.57. The van der Waals surface area contributed by atoms with Gasteiger partial charge in [-0.05, 0) is 17.5 Å². The van der Waals surface area contributed by atoms with Crippen molar-refractivity contribution < 1.29 is 14.7 Å². The van der Waals surface area contributed by atoms with Gasteiger partial charge in [-0.2, -0.15) is 5.10 Å². The fourth-order valence-electron chi connectivity index (χ4n) is 1.46. The summed E-state index contributed by atoms with van der Waals surface area (Å²) in [5, 5.41) is 18.6. The molecule has 17 heavy (non-hydrogen) atoms. The maximum Gasteiger partial charge on any atom is 0.303 e. The summed E-state index contributed by atoms with van der Waals surface area (Å²) in [6, 6.07) is 3.28. The molecule has 0 aliphatic carbocycles. The molecule has 1 aromatic rings. The van der Waals surface area contributed by atoms with Crippen molar-refractivity contribution >= 4 is 17.7 Å². The van der Waals surface area contributed by atoms with Crippen molar-refractivity contribution in [3.8, 4) is 0 Å². The maximum absolute atomic E-state index is 11.6. The highest BCUT2D eigenvalue weighted by molar-refractivity contribution is 5.90. The summed E-state index contributed by atoms with van der Waals surface area (Å²) in [5.41, 5.74) is -0.585. The number of nitrogens with zero attached hydrogens (tertiary/aromatic N) is 2. The van der Waals surface area contributed by atoms with E-state index in [9.17, 15) is 9.59 Å². The second-order valence-electron chi connectivity index (χ2n) is 4.57. The van der Waals surface area contributed by atoms with Crippen LogP contribution < -0.4 is 5.32 Å². The quantitative estimate of drug-likeness (QED) is 0.805. The molecule has 0 saturated carbocycles. The largest absolute Gasteiger partial charge is 0.481 e. The lowest BCUT2D eigenvalue weighted by molar-refractivity contribution is -0.139. The molecular weight excluding hydrogens is 222 g/mol. The lowest BCUT2D eigenvalue weighted by Crippen LogP contribution is -2.25. The van der Waals surface area contributed by atoms with E-state index in [2.05, 4.69) is 15.5 Å². The fraction of sp³-hybridized carbons (Fsp3) is 0.455. The van der Waals surface area contributed by atoms with Gasteiger partial charge in [0.15, 0.2) is 5.82 Å². The van der Waals surface area contributed by atoms with Crippen LogP contribution in [0.4, 0.5) is 5.82 Å². The molecule has 2 N–H and O–H groups in total. The Balaban J connectivity index is 2.52. The summed E-state index contributed by atoms with van der Waals surface area (Å²) in [5.74, 6) is -0.817. The van der Waals surface area contributed by atoms with Gasteiger partial charge in [0.05, 0.1) is 6.42 Å². The van der Waals surface area contributed by atoms with Crippen LogP contribution in [0.1, 0.15) is 26.7 Å². The molecule has 1 aromatic heterocycles. The zero-order chi connectivity index (χ0) is 12.9. The van der Waals surface area contributed by atoms with Gasteiger partial charge in [0.1, 0.15) is 0 Å². The molecule has 1 rings (SSSR count). The number of carboxylic acid groups (broad SMARTS) is 1. The molecule has 6 nitrogen and oxygen atoms in total. The molecule has 6 heteroatoms. The Bertz CT molecular complexity index is 404. The van der Waals surface area contributed by atoms with Crippen LogP contribution in [0, 0.1) is 5.41 Å². The lowest BCUT2D eigenvalue weighted by atomic mass is 9.85. The van der Waals surface area contributed by atoms with E-state index in [-0.39, 0.29) is 18.7 Å². The molecule has 0 unspecified atom stereocenters. The van der Waals surface area contributed by atoms with Gasteiger partial charge in [0.2, 0.25) is 5.91 Å². The number of hydrogen-bond acceptors (Lipinski definition) is 4. The summed E-state index contributed by atoms with van der Waals surface area (Å²) < 4.78 is 0. The highest BCUT2D eigenvalue weighted by Gasteiger charge is 2.25. The third kappa shape index (κ3) is 5.05. The van der Waals surface area contributed by atoms with Crippen molar-refractivity contribution in [2.75, 3.05) is 5.32 Å². The Morgan fingerprint density at radius 1 is 1.41 bits per heavy atom. The number of rotatable bonds is 5. The molecule has 0 spiro atoms. The highest BCUT2D eigenvalue weighted by Crippen LogP contribution is 2.25. The molecule has 0 bridgehead atoms. The molecule has 1 amide bonds. The Morgan fingerprint density at radius 3 is 2.65 bits per heavy atom. The predicted octanol–water partition coefficient (Wildman–Crippen LogP) is 1.31. The van der Waals surface area contributed by atoms with Gasteiger partial charge in [-0.3, -0.25) is 9.59 Å². The molecule has 0 aliphatic heterocycles. The summed E-state index contributed by atoms with van der Waals surface area (Å²) >= 11 is 0. The number of nitrogens with one attached hydrogen (secondary N) is 1. The molecule has 0 saturated heterocycles. The van der Waals surface area contributed by atoms with Gasteiger partial charge in [0.25, 0.3) is 0 Å². The first-order chi connectivity index (χ1) is 7.89. The van der Waals surface area contributed by atoms with Crippen LogP contribution >= 0.6 is 0 Å². The van der Waals surface area contributed by atoms with E-state index < -0.39 is 11.4 Å². The van der Waals surface area contributed by atoms with Gasteiger partial charge in [-0.15, -0.1) is 5.10 Å². The molecule has 0 radical (unpaired) electrons. The molecule has 0 aliphatic rings. The second kappa shape index (κ2) is 5.38. The van der Waals surface area contributed by atoms with E-state index in [1.165, 1.54) is 6.20 Å². The van der Waals surface area contributed by atoms with Gasteiger partial charge in [0, 0.05) is 12.6 Å². The number of amides is 1. The van der Waals surface area contributed by atoms with E-state index in [1.54, 1.807) is 26.0 Å². The van der Waals surface area contributed by atoms with Gasteiger partial charge in [-0.1, -0.05) is 13.8 Å². The molecule has 1 heterocycles. The van der Waals surface area contributed by atoms with E-state index in [0.29, 0.717) is 5.82 Å². The van der Waals surface area contributed by atoms with Crippen molar-refractivity contribution in [3.63, 3.8) is 0 Å². The molecule has 0 atom stereocenters. The average molecular weight is 237 g/mol. The Morgan fingerprint density at radius 2 is 2.12 bits per heavy atom. The highest BCUT2D eigenvalue weighted by atomic mass is 16.4. The minimum absolute atomic E-state index is 0.0547. The minimum Gasteiger partial charge on any atom is -0.481 e. The van der Waals surface area contributed by atoms with E-state index in [0.717, 1.165) is 0 Å². The van der Waals surface area contributed by atoms with Crippen LogP contribution in [0.3, 0.4) is 0 Å². The van der Waals surface area contributed by atoms with Gasteiger partial charge >= 0.3 is 5.97 Å². The zero-order valence-corrected chi connectivity index (χ0v) is 9.80. The average Bonchev–Trinajstić information content (AvgIpc) is 2.15. The van der Waals surface area contributed by atoms with Crippen LogP contribution in [0.2, 0.25) is 0 Å². The lowest BCUT2D eigenvalue weighted by Gasteiger charge is -2.21. The van der Waals surface area contributed by atoms with E-state index >= 15 is 0 Å². The zero-order valence-electron chi connectivity index (χ0n) is 9.80. The minimum atomic E-state index is -0.915. The summed E-state index contributed by atoms with van der Waals surface area (Å²) in [7, 11) is 0. The maximum atomic E-state index is 11.6. The fourth-order valence-corrected chi connectivity index (χ4v) is 1.46. The number of anilines is 1. The number of carbonyl (C=O) groups is 2.